The number of nitrogens with zero attached hydrogens (tertiary/aromatic N) is 4. The lowest BCUT2D eigenvalue weighted by Gasteiger charge is -2.38. The molecule has 9 heteroatoms. The number of amides is 2. The van der Waals surface area contributed by atoms with E-state index in [1.165, 1.54) is 24.3 Å². The number of fused-ring (bicyclic) bond motifs is 1. The maximum atomic E-state index is 13.5. The molecule has 2 aliphatic heterocycles. The summed E-state index contributed by atoms with van der Waals surface area (Å²) < 4.78 is 13.5. The normalized spacial score (nSPS) is 22.9. The number of likely N-dealkylation sites (tertiary alicyclic amines) is 1. The molecule has 2 aromatic rings. The van der Waals surface area contributed by atoms with Crippen LogP contribution in [-0.4, -0.2) is 63.4 Å². The number of amidine groups is 1. The second kappa shape index (κ2) is 12.6. The van der Waals surface area contributed by atoms with E-state index < -0.39 is 11.4 Å². The number of rotatable bonds is 7. The Morgan fingerprint density at radius 2 is 1.76 bits per heavy atom. The maximum absolute atomic E-state index is 13.5. The fourth-order valence-electron chi connectivity index (χ4n) is 6.50. The van der Waals surface area contributed by atoms with E-state index >= 15 is 0 Å². The Hall–Kier alpha value is -3.17. The number of piperidine rings is 1. The van der Waals surface area contributed by atoms with Gasteiger partial charge in [-0.15, -0.1) is 0 Å². The molecule has 2 N–H and O–H groups in total. The zero-order valence-electron chi connectivity index (χ0n) is 25.3. The highest BCUT2D eigenvalue weighted by Gasteiger charge is 2.36. The van der Waals surface area contributed by atoms with Gasteiger partial charge < -0.3 is 15.3 Å². The minimum absolute atomic E-state index is 0.0452. The van der Waals surface area contributed by atoms with Gasteiger partial charge in [-0.05, 0) is 102 Å². The number of nitrogens with one attached hydrogen (secondary N) is 1. The number of aromatic nitrogens is 1. The Labute approximate surface area is 248 Å². The molecule has 1 saturated carbocycles. The van der Waals surface area contributed by atoms with Gasteiger partial charge in [-0.2, -0.15) is 4.99 Å². The van der Waals surface area contributed by atoms with Gasteiger partial charge >= 0.3 is 0 Å². The van der Waals surface area contributed by atoms with Crippen LogP contribution < -0.4 is 10.2 Å². The molecule has 1 aliphatic carbocycles. The topological polar surface area (TPSA) is 98.1 Å². The highest BCUT2D eigenvalue weighted by Crippen LogP contribution is 2.37. The Kier molecular flexibility index (Phi) is 9.08. The lowest BCUT2D eigenvalue weighted by atomic mass is 9.83. The summed E-state index contributed by atoms with van der Waals surface area (Å²) in [6.07, 6.45) is 7.81. The van der Waals surface area contributed by atoms with Gasteiger partial charge in [0.1, 0.15) is 11.7 Å². The van der Waals surface area contributed by atoms with Crippen LogP contribution in [0.15, 0.2) is 41.5 Å². The molecule has 0 atom stereocenters. The molecular weight excluding hydrogens is 533 g/mol. The number of carbonyl (C=O) groups excluding carboxylic acids is 2. The third-order valence-electron chi connectivity index (χ3n) is 9.13. The summed E-state index contributed by atoms with van der Waals surface area (Å²) in [7, 11) is 0. The summed E-state index contributed by atoms with van der Waals surface area (Å²) in [5, 5.41) is 13.6. The first-order valence-electron chi connectivity index (χ1n) is 15.4. The summed E-state index contributed by atoms with van der Waals surface area (Å²) in [6.45, 7) is 10.2. The van der Waals surface area contributed by atoms with E-state index in [2.05, 4.69) is 26.2 Å². The largest absolute Gasteiger partial charge is 0.390 e. The molecule has 2 amide bonds. The molecule has 1 aromatic heterocycles. The van der Waals surface area contributed by atoms with Crippen LogP contribution >= 0.6 is 0 Å². The Balaban J connectivity index is 1.35. The molecule has 3 heterocycles. The first-order chi connectivity index (χ1) is 20.0. The van der Waals surface area contributed by atoms with E-state index in [0.717, 1.165) is 75.1 Å². The van der Waals surface area contributed by atoms with Crippen molar-refractivity contribution in [3.05, 3.63) is 59.2 Å². The average Bonchev–Trinajstić information content (AvgIpc) is 3.30. The second-order valence-corrected chi connectivity index (χ2v) is 13.1. The predicted molar refractivity (Wildman–Crippen MR) is 162 cm³/mol. The SMILES string of the molecule is CC(C)C(=O)NC1CCC(N2C(=NC(=O)c3ccc(F)cc3)Cc3cnc(CN4CCC(C(C)(C)O)CC4)cc32)CC1. The molecule has 5 rings (SSSR count). The van der Waals surface area contributed by atoms with Crippen molar-refractivity contribution in [1.29, 1.82) is 0 Å². The molecule has 0 unspecified atom stereocenters. The summed E-state index contributed by atoms with van der Waals surface area (Å²) in [5.41, 5.74) is 2.76. The summed E-state index contributed by atoms with van der Waals surface area (Å²) in [5.74, 6) is 0.256. The van der Waals surface area contributed by atoms with E-state index in [9.17, 15) is 19.1 Å². The number of carbonyl (C=O) groups is 2. The molecule has 1 aromatic carbocycles. The summed E-state index contributed by atoms with van der Waals surface area (Å²) in [6, 6.07) is 7.95. The Morgan fingerprint density at radius 3 is 2.38 bits per heavy atom. The molecule has 42 heavy (non-hydrogen) atoms. The van der Waals surface area contributed by atoms with E-state index in [1.807, 2.05) is 33.9 Å². The van der Waals surface area contributed by atoms with E-state index in [1.54, 1.807) is 0 Å². The van der Waals surface area contributed by atoms with Crippen LogP contribution in [0.25, 0.3) is 0 Å². The lowest BCUT2D eigenvalue weighted by molar-refractivity contribution is -0.124. The van der Waals surface area contributed by atoms with Crippen LogP contribution in [0.5, 0.6) is 0 Å². The molecule has 1 saturated heterocycles. The molecule has 0 radical (unpaired) electrons. The first-order valence-corrected chi connectivity index (χ1v) is 15.4. The Morgan fingerprint density at radius 1 is 1.10 bits per heavy atom. The molecule has 0 spiro atoms. The number of aliphatic hydroxyl groups is 1. The number of pyridine rings is 1. The molecule has 3 aliphatic rings. The fraction of sp³-hybridized carbons (Fsp3) is 0.576. The standard InChI is InChI=1S/C33H44FN5O3/c1-21(2)31(40)36-26-9-11-28(12-10-26)39-29-18-27(20-38-15-13-24(14-16-38)33(3,4)42)35-19-23(29)17-30(39)37-32(41)22-5-7-25(34)8-6-22/h5-8,18-19,21,24,26,28,42H,9-17,20H2,1-4H3,(H,36,40). The van der Waals surface area contributed by atoms with Gasteiger partial charge in [-0.3, -0.25) is 19.5 Å². The van der Waals surface area contributed by atoms with Crippen LogP contribution in [0, 0.1) is 17.7 Å². The average molecular weight is 578 g/mol. The van der Waals surface area contributed by atoms with Crippen molar-refractivity contribution in [2.24, 2.45) is 16.8 Å². The van der Waals surface area contributed by atoms with Gasteiger partial charge in [0.15, 0.2) is 0 Å². The van der Waals surface area contributed by atoms with Crippen molar-refractivity contribution in [2.45, 2.75) is 96.9 Å². The van der Waals surface area contributed by atoms with Gasteiger partial charge in [-0.1, -0.05) is 13.8 Å². The highest BCUT2D eigenvalue weighted by molar-refractivity contribution is 6.12. The quantitative estimate of drug-likeness (QED) is 0.487. The summed E-state index contributed by atoms with van der Waals surface area (Å²) >= 11 is 0. The Bertz CT molecular complexity index is 1300. The van der Waals surface area contributed by atoms with Crippen LogP contribution in [0.4, 0.5) is 10.1 Å². The molecule has 226 valence electrons. The fourth-order valence-corrected chi connectivity index (χ4v) is 6.50. The van der Waals surface area contributed by atoms with Crippen molar-refractivity contribution in [3.63, 3.8) is 0 Å². The van der Waals surface area contributed by atoms with Gasteiger partial charge in [0.2, 0.25) is 5.91 Å². The van der Waals surface area contributed by atoms with E-state index in [4.69, 9.17) is 4.98 Å². The van der Waals surface area contributed by atoms with Crippen LogP contribution in [0.3, 0.4) is 0 Å². The third kappa shape index (κ3) is 7.06. The predicted octanol–water partition coefficient (Wildman–Crippen LogP) is 4.89. The van der Waals surface area contributed by atoms with Gasteiger partial charge in [0, 0.05) is 54.0 Å². The second-order valence-electron chi connectivity index (χ2n) is 13.1. The van der Waals surface area contributed by atoms with Crippen molar-refractivity contribution in [2.75, 3.05) is 18.0 Å². The van der Waals surface area contributed by atoms with Crippen LogP contribution in [-0.2, 0) is 17.8 Å². The lowest BCUT2D eigenvalue weighted by Crippen LogP contribution is -2.46. The number of hydrogen-bond acceptors (Lipinski definition) is 5. The maximum Gasteiger partial charge on any atom is 0.278 e. The van der Waals surface area contributed by atoms with Crippen LogP contribution in [0.2, 0.25) is 0 Å². The molecular formula is C33H44FN5O3. The number of aliphatic imine (C=N–C) groups is 1. The number of hydrogen-bond donors (Lipinski definition) is 2. The minimum atomic E-state index is -0.657. The van der Waals surface area contributed by atoms with Crippen molar-refractivity contribution in [1.82, 2.24) is 15.2 Å². The monoisotopic (exact) mass is 577 g/mol. The number of benzene rings is 1. The van der Waals surface area contributed by atoms with E-state index in [0.29, 0.717) is 23.7 Å². The smallest absolute Gasteiger partial charge is 0.278 e. The van der Waals surface area contributed by atoms with E-state index in [-0.39, 0.29) is 29.8 Å². The molecule has 2 fully saturated rings. The zero-order chi connectivity index (χ0) is 30.0. The molecule has 0 bridgehead atoms. The first kappa shape index (κ1) is 30.3. The van der Waals surface area contributed by atoms with Gasteiger partial charge in [0.25, 0.3) is 5.91 Å². The molecule has 8 nitrogen and oxygen atoms in total. The zero-order valence-corrected chi connectivity index (χ0v) is 25.3. The summed E-state index contributed by atoms with van der Waals surface area (Å²) in [4.78, 5) is 39.4. The van der Waals surface area contributed by atoms with Gasteiger partial charge in [0.05, 0.1) is 11.3 Å². The van der Waals surface area contributed by atoms with Crippen molar-refractivity contribution in [3.8, 4) is 0 Å². The van der Waals surface area contributed by atoms with Gasteiger partial charge in [-0.25, -0.2) is 4.39 Å². The third-order valence-corrected chi connectivity index (χ3v) is 9.13. The van der Waals surface area contributed by atoms with Crippen molar-refractivity contribution < 1.29 is 19.1 Å². The highest BCUT2D eigenvalue weighted by atomic mass is 19.1. The van der Waals surface area contributed by atoms with Crippen LogP contribution in [0.1, 0.15) is 87.8 Å². The van der Waals surface area contributed by atoms with Crippen molar-refractivity contribution >= 4 is 23.3 Å². The number of anilines is 1. The number of halogens is 1. The minimum Gasteiger partial charge on any atom is -0.390 e.